The first-order valence-corrected chi connectivity index (χ1v) is 6.03. The van der Waals surface area contributed by atoms with Crippen LogP contribution in [0.5, 0.6) is 0 Å². The van der Waals surface area contributed by atoms with Crippen LogP contribution in [0.15, 0.2) is 12.7 Å². The summed E-state index contributed by atoms with van der Waals surface area (Å²) in [5, 5.41) is 0. The van der Waals surface area contributed by atoms with Crippen molar-refractivity contribution < 1.29 is 9.16 Å². The Morgan fingerprint density at radius 3 is 2.73 bits per heavy atom. The minimum atomic E-state index is -0.705. The van der Waals surface area contributed by atoms with E-state index < -0.39 is 9.04 Å². The van der Waals surface area contributed by atoms with Crippen molar-refractivity contribution in [1.82, 2.24) is 0 Å². The van der Waals surface area contributed by atoms with Gasteiger partial charge in [-0.15, -0.1) is 6.58 Å². The fourth-order valence-corrected chi connectivity index (χ4v) is 1.94. The lowest BCUT2D eigenvalue weighted by molar-refractivity contribution is -0.0635. The largest absolute Gasteiger partial charge is 0.392 e. The first-order chi connectivity index (χ1) is 5.20. The maximum absolute atomic E-state index is 5.54. The minimum Gasteiger partial charge on any atom is -0.392 e. The van der Waals surface area contributed by atoms with Gasteiger partial charge in [-0.1, -0.05) is 6.08 Å². The van der Waals surface area contributed by atoms with Crippen LogP contribution in [0.1, 0.15) is 13.8 Å². The molecule has 0 aliphatic heterocycles. The molecule has 0 bridgehead atoms. The van der Waals surface area contributed by atoms with Gasteiger partial charge in [0.1, 0.15) is 6.29 Å². The molecule has 0 aromatic carbocycles. The summed E-state index contributed by atoms with van der Waals surface area (Å²) in [4.78, 5) is 0. The van der Waals surface area contributed by atoms with Gasteiger partial charge in [-0.2, -0.15) is 0 Å². The van der Waals surface area contributed by atoms with Crippen molar-refractivity contribution in [2.24, 2.45) is 0 Å². The Balaban J connectivity index is 3.39. The maximum Gasteiger partial charge on any atom is 0.215 e. The SMILES string of the molecule is C=CC[Si](C)OC(C)OCC. The summed E-state index contributed by atoms with van der Waals surface area (Å²) >= 11 is 0. The summed E-state index contributed by atoms with van der Waals surface area (Å²) in [5.41, 5.74) is 0. The third-order valence-electron chi connectivity index (χ3n) is 1.20. The van der Waals surface area contributed by atoms with E-state index in [0.717, 1.165) is 6.04 Å². The molecule has 65 valence electrons. The predicted octanol–water partition coefficient (Wildman–Crippen LogP) is 2.19. The molecule has 0 aliphatic carbocycles. The molecule has 0 aromatic rings. The second-order valence-electron chi connectivity index (χ2n) is 2.34. The van der Waals surface area contributed by atoms with Crippen molar-refractivity contribution in [2.75, 3.05) is 6.61 Å². The van der Waals surface area contributed by atoms with Crippen molar-refractivity contribution in [2.45, 2.75) is 32.7 Å². The Bertz CT molecular complexity index is 106. The molecule has 0 spiro atoms. The third-order valence-corrected chi connectivity index (χ3v) is 2.80. The van der Waals surface area contributed by atoms with Gasteiger partial charge in [-0.25, -0.2) is 0 Å². The van der Waals surface area contributed by atoms with E-state index in [1.807, 2.05) is 19.9 Å². The number of hydrogen-bond donors (Lipinski definition) is 0. The van der Waals surface area contributed by atoms with Crippen LogP contribution in [0.4, 0.5) is 0 Å². The third kappa shape index (κ3) is 6.28. The van der Waals surface area contributed by atoms with Crippen molar-refractivity contribution >= 4 is 9.04 Å². The summed E-state index contributed by atoms with van der Waals surface area (Å²) in [6, 6.07) is 0.974. The number of allylic oxidation sites excluding steroid dienone is 1. The molecule has 1 atom stereocenters. The van der Waals surface area contributed by atoms with E-state index in [2.05, 4.69) is 13.1 Å². The van der Waals surface area contributed by atoms with Gasteiger partial charge in [0.15, 0.2) is 0 Å². The lowest BCUT2D eigenvalue weighted by Crippen LogP contribution is -2.22. The average Bonchev–Trinajstić information content (AvgIpc) is 1.87. The van der Waals surface area contributed by atoms with Gasteiger partial charge < -0.3 is 9.16 Å². The van der Waals surface area contributed by atoms with Crippen molar-refractivity contribution in [3.05, 3.63) is 12.7 Å². The summed E-state index contributed by atoms with van der Waals surface area (Å²) < 4.78 is 10.8. The highest BCUT2D eigenvalue weighted by molar-refractivity contribution is 6.50. The standard InChI is InChI=1S/C8H17O2Si/c1-5-7-11(4)10-8(3)9-6-2/h5,8H,1,6-7H2,2-4H3. The molecule has 11 heavy (non-hydrogen) atoms. The second-order valence-corrected chi connectivity index (χ2v) is 4.38. The fraction of sp³-hybridized carbons (Fsp3) is 0.750. The van der Waals surface area contributed by atoms with Crippen molar-refractivity contribution in [3.63, 3.8) is 0 Å². The van der Waals surface area contributed by atoms with Gasteiger partial charge in [-0.05, 0) is 26.4 Å². The molecule has 1 radical (unpaired) electrons. The van der Waals surface area contributed by atoms with Crippen LogP contribution < -0.4 is 0 Å². The van der Waals surface area contributed by atoms with Crippen LogP contribution >= 0.6 is 0 Å². The van der Waals surface area contributed by atoms with Crippen molar-refractivity contribution in [3.8, 4) is 0 Å². The quantitative estimate of drug-likeness (QED) is 0.348. The Kier molecular flexibility index (Phi) is 6.50. The van der Waals surface area contributed by atoms with Gasteiger partial charge in [0.05, 0.1) is 0 Å². The summed E-state index contributed by atoms with van der Waals surface area (Å²) in [6.45, 7) is 10.4. The highest BCUT2D eigenvalue weighted by atomic mass is 28.3. The van der Waals surface area contributed by atoms with Crippen LogP contribution in [-0.4, -0.2) is 21.9 Å². The lowest BCUT2D eigenvalue weighted by Gasteiger charge is -2.16. The molecular weight excluding hydrogens is 156 g/mol. The van der Waals surface area contributed by atoms with Crippen LogP contribution in [0.25, 0.3) is 0 Å². The molecular formula is C8H17O2Si. The Morgan fingerprint density at radius 2 is 2.27 bits per heavy atom. The van der Waals surface area contributed by atoms with E-state index in [1.165, 1.54) is 0 Å². The molecule has 3 heteroatoms. The van der Waals surface area contributed by atoms with Crippen LogP contribution in [0.3, 0.4) is 0 Å². The van der Waals surface area contributed by atoms with Crippen molar-refractivity contribution in [1.29, 1.82) is 0 Å². The summed E-state index contributed by atoms with van der Waals surface area (Å²) in [6.07, 6.45) is 1.84. The Labute approximate surface area is 70.9 Å². The van der Waals surface area contributed by atoms with E-state index in [1.54, 1.807) is 0 Å². The molecule has 0 fully saturated rings. The zero-order valence-electron chi connectivity index (χ0n) is 7.59. The molecule has 0 heterocycles. The smallest absolute Gasteiger partial charge is 0.215 e. The highest BCUT2D eigenvalue weighted by Gasteiger charge is 2.08. The zero-order chi connectivity index (χ0) is 8.69. The molecule has 0 N–H and O–H groups in total. The molecule has 1 unspecified atom stereocenters. The zero-order valence-corrected chi connectivity index (χ0v) is 8.59. The number of rotatable bonds is 6. The van der Waals surface area contributed by atoms with E-state index in [4.69, 9.17) is 9.16 Å². The highest BCUT2D eigenvalue weighted by Crippen LogP contribution is 2.01. The fourth-order valence-electron chi connectivity index (χ4n) is 0.803. The van der Waals surface area contributed by atoms with Crippen LogP contribution in [0.2, 0.25) is 12.6 Å². The first kappa shape index (κ1) is 10.9. The molecule has 0 amide bonds. The van der Waals surface area contributed by atoms with Crippen LogP contribution in [-0.2, 0) is 9.16 Å². The Hall–Kier alpha value is -0.123. The van der Waals surface area contributed by atoms with Gasteiger partial charge in [0.25, 0.3) is 0 Å². The maximum atomic E-state index is 5.54. The van der Waals surface area contributed by atoms with E-state index in [-0.39, 0.29) is 6.29 Å². The first-order valence-electron chi connectivity index (χ1n) is 3.92. The van der Waals surface area contributed by atoms with E-state index >= 15 is 0 Å². The molecule has 0 saturated heterocycles. The lowest BCUT2D eigenvalue weighted by atomic mass is 10.7. The molecule has 0 rings (SSSR count). The molecule has 0 aromatic heterocycles. The van der Waals surface area contributed by atoms with Gasteiger partial charge in [0.2, 0.25) is 9.04 Å². The predicted molar refractivity (Wildman–Crippen MR) is 48.8 cm³/mol. The van der Waals surface area contributed by atoms with E-state index in [9.17, 15) is 0 Å². The summed E-state index contributed by atoms with van der Waals surface area (Å²) in [7, 11) is -0.705. The minimum absolute atomic E-state index is 0.0566. The van der Waals surface area contributed by atoms with E-state index in [0.29, 0.717) is 6.61 Å². The monoisotopic (exact) mass is 173 g/mol. The number of hydrogen-bond acceptors (Lipinski definition) is 2. The average molecular weight is 173 g/mol. The van der Waals surface area contributed by atoms with Gasteiger partial charge in [0, 0.05) is 6.61 Å². The summed E-state index contributed by atoms with van der Waals surface area (Å²) in [5.74, 6) is 0. The van der Waals surface area contributed by atoms with Gasteiger partial charge >= 0.3 is 0 Å². The molecule has 0 saturated carbocycles. The second kappa shape index (κ2) is 6.58. The van der Waals surface area contributed by atoms with Gasteiger partial charge in [-0.3, -0.25) is 0 Å². The topological polar surface area (TPSA) is 18.5 Å². The Morgan fingerprint density at radius 1 is 1.64 bits per heavy atom. The van der Waals surface area contributed by atoms with Crippen LogP contribution in [0, 0.1) is 0 Å². The molecule has 0 aliphatic rings. The molecule has 2 nitrogen and oxygen atoms in total. The normalized spacial score (nSPS) is 13.5. The number of ether oxygens (including phenoxy) is 1.